The fraction of sp³-hybridized carbons (Fsp3) is 0.318. The topological polar surface area (TPSA) is 84.5 Å². The Morgan fingerprint density at radius 2 is 1.76 bits per heavy atom. The summed E-state index contributed by atoms with van der Waals surface area (Å²) in [6.07, 6.45) is 3.14. The summed E-state index contributed by atoms with van der Waals surface area (Å²) in [4.78, 5) is 36.3. The maximum Gasteiger partial charge on any atom is 0.325 e. The van der Waals surface area contributed by atoms with Gasteiger partial charge in [0.15, 0.2) is 0 Å². The van der Waals surface area contributed by atoms with Crippen molar-refractivity contribution in [1.82, 2.24) is 5.32 Å². The molecule has 0 unspecified atom stereocenters. The van der Waals surface area contributed by atoms with E-state index >= 15 is 0 Å². The van der Waals surface area contributed by atoms with Crippen molar-refractivity contribution < 1.29 is 23.5 Å². The van der Waals surface area contributed by atoms with Crippen molar-refractivity contribution in [3.63, 3.8) is 0 Å². The maximum atomic E-state index is 13.7. The summed E-state index contributed by atoms with van der Waals surface area (Å²) in [7, 11) is 1.24. The minimum absolute atomic E-state index is 0.177. The van der Waals surface area contributed by atoms with Gasteiger partial charge in [-0.2, -0.15) is 0 Å². The van der Waals surface area contributed by atoms with Crippen LogP contribution in [0.15, 0.2) is 48.5 Å². The quantitative estimate of drug-likeness (QED) is 0.732. The Balaban J connectivity index is 1.71. The molecule has 6 nitrogen and oxygen atoms in total. The normalized spacial score (nSPS) is 14.8. The van der Waals surface area contributed by atoms with Gasteiger partial charge in [-0.3, -0.25) is 14.4 Å². The summed E-state index contributed by atoms with van der Waals surface area (Å²) in [6.45, 7) is -0.218. The third-order valence-electron chi connectivity index (χ3n) is 5.29. The van der Waals surface area contributed by atoms with Gasteiger partial charge in [0.1, 0.15) is 12.4 Å². The highest BCUT2D eigenvalue weighted by molar-refractivity contribution is 6.00. The van der Waals surface area contributed by atoms with Crippen LogP contribution in [0.25, 0.3) is 0 Å². The first-order valence-electron chi connectivity index (χ1n) is 9.47. The van der Waals surface area contributed by atoms with Crippen LogP contribution < -0.4 is 10.6 Å². The molecule has 3 rings (SSSR count). The minimum Gasteiger partial charge on any atom is -0.468 e. The van der Waals surface area contributed by atoms with Gasteiger partial charge in [0.25, 0.3) is 5.91 Å². The highest BCUT2D eigenvalue weighted by Crippen LogP contribution is 2.42. The molecule has 0 heterocycles. The summed E-state index contributed by atoms with van der Waals surface area (Å²) >= 11 is 0. The van der Waals surface area contributed by atoms with Crippen LogP contribution in [-0.2, 0) is 19.7 Å². The van der Waals surface area contributed by atoms with Crippen molar-refractivity contribution in [2.75, 3.05) is 19.0 Å². The molecule has 2 aromatic carbocycles. The van der Waals surface area contributed by atoms with Crippen molar-refractivity contribution in [3.8, 4) is 0 Å². The lowest BCUT2D eigenvalue weighted by molar-refractivity contribution is -0.139. The van der Waals surface area contributed by atoms with E-state index in [0.29, 0.717) is 29.7 Å². The molecule has 0 aliphatic heterocycles. The van der Waals surface area contributed by atoms with Gasteiger partial charge in [0, 0.05) is 11.3 Å². The van der Waals surface area contributed by atoms with Gasteiger partial charge in [-0.05, 0) is 54.8 Å². The number of esters is 1. The van der Waals surface area contributed by atoms with E-state index in [1.807, 2.05) is 0 Å². The van der Waals surface area contributed by atoms with Gasteiger partial charge < -0.3 is 15.4 Å². The number of nitrogens with one attached hydrogen (secondary N) is 2. The van der Waals surface area contributed by atoms with Crippen LogP contribution in [-0.4, -0.2) is 31.4 Å². The van der Waals surface area contributed by atoms with Crippen molar-refractivity contribution in [2.24, 2.45) is 0 Å². The van der Waals surface area contributed by atoms with Crippen LogP contribution in [0.3, 0.4) is 0 Å². The third-order valence-corrected chi connectivity index (χ3v) is 5.29. The molecule has 7 heteroatoms. The molecule has 2 N–H and O–H groups in total. The Hall–Kier alpha value is -3.22. The minimum atomic E-state index is -0.751. The number of benzene rings is 2. The average Bonchev–Trinajstić information content (AvgIpc) is 3.23. The molecule has 2 aromatic rings. The number of ether oxygens (including phenoxy) is 1. The zero-order valence-electron chi connectivity index (χ0n) is 16.2. The van der Waals surface area contributed by atoms with E-state index in [0.717, 1.165) is 12.8 Å². The Kier molecular flexibility index (Phi) is 6.26. The van der Waals surface area contributed by atoms with Crippen LogP contribution in [0.5, 0.6) is 0 Å². The van der Waals surface area contributed by atoms with E-state index in [-0.39, 0.29) is 18.3 Å². The third kappa shape index (κ3) is 4.62. The number of hydrogen-bond acceptors (Lipinski definition) is 4. The fourth-order valence-corrected chi connectivity index (χ4v) is 3.69. The Morgan fingerprint density at radius 1 is 1.07 bits per heavy atom. The SMILES string of the molecule is COC(=O)CNC(=O)c1ccc(NC(=O)C2(c3cccc(F)c3)CCCC2)cc1. The smallest absolute Gasteiger partial charge is 0.325 e. The van der Waals surface area contributed by atoms with Crippen LogP contribution in [0.4, 0.5) is 10.1 Å². The largest absolute Gasteiger partial charge is 0.468 e. The first-order chi connectivity index (χ1) is 13.9. The van der Waals surface area contributed by atoms with E-state index in [1.165, 1.54) is 19.2 Å². The Morgan fingerprint density at radius 3 is 2.38 bits per heavy atom. The van der Waals surface area contributed by atoms with Crippen molar-refractivity contribution in [1.29, 1.82) is 0 Å². The first kappa shape index (κ1) is 20.5. The van der Waals surface area contributed by atoms with Gasteiger partial charge in [0.05, 0.1) is 12.5 Å². The molecule has 0 atom stereocenters. The summed E-state index contributed by atoms with van der Waals surface area (Å²) in [5.41, 5.74) is 0.833. The van der Waals surface area contributed by atoms with Gasteiger partial charge in [-0.1, -0.05) is 25.0 Å². The summed E-state index contributed by atoms with van der Waals surface area (Å²) in [5, 5.41) is 5.35. The van der Waals surface area contributed by atoms with Crippen LogP contribution in [0, 0.1) is 5.82 Å². The lowest BCUT2D eigenvalue weighted by Gasteiger charge is -2.28. The molecule has 1 fully saturated rings. The second-order valence-electron chi connectivity index (χ2n) is 7.09. The lowest BCUT2D eigenvalue weighted by atomic mass is 9.78. The lowest BCUT2D eigenvalue weighted by Crippen LogP contribution is -2.38. The highest BCUT2D eigenvalue weighted by atomic mass is 19.1. The Bertz CT molecular complexity index is 905. The molecule has 0 saturated heterocycles. The van der Waals surface area contributed by atoms with E-state index in [2.05, 4.69) is 15.4 Å². The molecule has 2 amide bonds. The van der Waals surface area contributed by atoms with Gasteiger partial charge in [-0.15, -0.1) is 0 Å². The summed E-state index contributed by atoms with van der Waals surface area (Å²) in [6, 6.07) is 12.6. The van der Waals surface area contributed by atoms with Crippen molar-refractivity contribution in [2.45, 2.75) is 31.1 Å². The summed E-state index contributed by atoms with van der Waals surface area (Å²) in [5.74, 6) is -1.49. The zero-order chi connectivity index (χ0) is 20.9. The molecule has 29 heavy (non-hydrogen) atoms. The molecular formula is C22H23FN2O4. The predicted molar refractivity (Wildman–Crippen MR) is 106 cm³/mol. The van der Waals surface area contributed by atoms with E-state index in [4.69, 9.17) is 0 Å². The number of anilines is 1. The number of hydrogen-bond donors (Lipinski definition) is 2. The van der Waals surface area contributed by atoms with Crippen LogP contribution in [0.1, 0.15) is 41.6 Å². The molecule has 1 saturated carbocycles. The number of rotatable bonds is 6. The molecule has 0 spiro atoms. The standard InChI is InChI=1S/C22H23FN2O4/c1-29-19(26)14-24-20(27)15-7-9-18(10-8-15)25-21(28)22(11-2-3-12-22)16-5-4-6-17(23)13-16/h4-10,13H,2-3,11-12,14H2,1H3,(H,24,27)(H,25,28). The fourth-order valence-electron chi connectivity index (χ4n) is 3.69. The van der Waals surface area contributed by atoms with E-state index < -0.39 is 17.3 Å². The number of halogens is 1. The molecule has 1 aliphatic carbocycles. The number of carbonyl (C=O) groups is 3. The molecule has 0 bridgehead atoms. The van der Waals surface area contributed by atoms with Crippen LogP contribution >= 0.6 is 0 Å². The van der Waals surface area contributed by atoms with Crippen molar-refractivity contribution >= 4 is 23.5 Å². The second-order valence-corrected chi connectivity index (χ2v) is 7.09. The van der Waals surface area contributed by atoms with Gasteiger partial charge in [0.2, 0.25) is 5.91 Å². The van der Waals surface area contributed by atoms with Gasteiger partial charge >= 0.3 is 5.97 Å². The molecule has 0 radical (unpaired) electrons. The first-order valence-corrected chi connectivity index (χ1v) is 9.47. The average molecular weight is 398 g/mol. The molecule has 1 aliphatic rings. The molecule has 0 aromatic heterocycles. The van der Waals surface area contributed by atoms with Crippen LogP contribution in [0.2, 0.25) is 0 Å². The Labute approximate surface area is 168 Å². The molecular weight excluding hydrogens is 375 g/mol. The number of amides is 2. The maximum absolute atomic E-state index is 13.7. The molecule has 152 valence electrons. The predicted octanol–water partition coefficient (Wildman–Crippen LogP) is 3.18. The highest BCUT2D eigenvalue weighted by Gasteiger charge is 2.42. The van der Waals surface area contributed by atoms with E-state index in [1.54, 1.807) is 36.4 Å². The van der Waals surface area contributed by atoms with Gasteiger partial charge in [-0.25, -0.2) is 4.39 Å². The summed E-state index contributed by atoms with van der Waals surface area (Å²) < 4.78 is 18.2. The van der Waals surface area contributed by atoms with E-state index in [9.17, 15) is 18.8 Å². The number of methoxy groups -OCH3 is 1. The second kappa shape index (κ2) is 8.86. The van der Waals surface area contributed by atoms with Crippen molar-refractivity contribution in [3.05, 3.63) is 65.5 Å². The monoisotopic (exact) mass is 398 g/mol. The zero-order valence-corrected chi connectivity index (χ0v) is 16.2. The number of carbonyl (C=O) groups excluding carboxylic acids is 3.